The Morgan fingerprint density at radius 3 is 2.56 bits per heavy atom. The minimum absolute atomic E-state index is 0.0751. The molecule has 2 rings (SSSR count). The average Bonchev–Trinajstić information content (AvgIpc) is 2.84. The second kappa shape index (κ2) is 6.32. The van der Waals surface area contributed by atoms with Gasteiger partial charge in [0, 0.05) is 16.3 Å². The fourth-order valence-corrected chi connectivity index (χ4v) is 3.06. The number of furan rings is 1. The molecule has 0 radical (unpaired) electrons. The van der Waals surface area contributed by atoms with Gasteiger partial charge >= 0.3 is 0 Å². The predicted molar refractivity (Wildman–Crippen MR) is 77.8 cm³/mol. The van der Waals surface area contributed by atoms with E-state index in [1.54, 1.807) is 18.0 Å². The van der Waals surface area contributed by atoms with Gasteiger partial charge in [0.1, 0.15) is 5.76 Å². The van der Waals surface area contributed by atoms with E-state index in [1.165, 1.54) is 5.56 Å². The SMILES string of the molecule is CC(N)C(SCc1ccco1)c1ccc(Cl)cc1. The van der Waals surface area contributed by atoms with Crippen molar-refractivity contribution >= 4 is 23.4 Å². The summed E-state index contributed by atoms with van der Waals surface area (Å²) < 4.78 is 5.34. The van der Waals surface area contributed by atoms with Gasteiger partial charge in [0.05, 0.1) is 12.0 Å². The highest BCUT2D eigenvalue weighted by Gasteiger charge is 2.17. The third-order valence-electron chi connectivity index (χ3n) is 2.66. The fraction of sp³-hybridized carbons (Fsp3) is 0.286. The van der Waals surface area contributed by atoms with Crippen molar-refractivity contribution < 1.29 is 4.42 Å². The van der Waals surface area contributed by atoms with E-state index in [-0.39, 0.29) is 11.3 Å². The Hall–Kier alpha value is -0.900. The molecule has 2 unspecified atom stereocenters. The fourth-order valence-electron chi connectivity index (χ4n) is 1.77. The molecule has 0 fully saturated rings. The number of hydrogen-bond acceptors (Lipinski definition) is 3. The van der Waals surface area contributed by atoms with Gasteiger partial charge in [-0.25, -0.2) is 0 Å². The Balaban J connectivity index is 2.06. The van der Waals surface area contributed by atoms with E-state index in [0.29, 0.717) is 0 Å². The van der Waals surface area contributed by atoms with Gasteiger partial charge < -0.3 is 10.2 Å². The van der Waals surface area contributed by atoms with Crippen LogP contribution >= 0.6 is 23.4 Å². The molecule has 4 heteroatoms. The van der Waals surface area contributed by atoms with Crippen LogP contribution in [0.2, 0.25) is 5.02 Å². The van der Waals surface area contributed by atoms with Crippen molar-refractivity contribution in [3.05, 3.63) is 59.0 Å². The van der Waals surface area contributed by atoms with E-state index in [1.807, 2.05) is 43.3 Å². The summed E-state index contributed by atoms with van der Waals surface area (Å²) in [4.78, 5) is 0. The molecule has 1 heterocycles. The molecule has 0 aliphatic heterocycles. The maximum atomic E-state index is 6.06. The topological polar surface area (TPSA) is 39.2 Å². The first kappa shape index (κ1) is 13.5. The molecular formula is C14H16ClNOS. The Morgan fingerprint density at radius 2 is 2.00 bits per heavy atom. The number of halogens is 1. The molecule has 0 amide bonds. The van der Waals surface area contributed by atoms with E-state index in [4.69, 9.17) is 21.8 Å². The van der Waals surface area contributed by atoms with Crippen LogP contribution in [0.4, 0.5) is 0 Å². The van der Waals surface area contributed by atoms with Crippen molar-refractivity contribution in [2.24, 2.45) is 5.73 Å². The van der Waals surface area contributed by atoms with Crippen LogP contribution in [-0.4, -0.2) is 6.04 Å². The lowest BCUT2D eigenvalue weighted by atomic mass is 10.1. The molecule has 96 valence electrons. The third kappa shape index (κ3) is 3.55. The minimum atomic E-state index is 0.0751. The van der Waals surface area contributed by atoms with Crippen LogP contribution in [-0.2, 0) is 5.75 Å². The number of nitrogens with two attached hydrogens (primary N) is 1. The first-order valence-electron chi connectivity index (χ1n) is 5.82. The van der Waals surface area contributed by atoms with Crippen LogP contribution in [0, 0.1) is 0 Å². The first-order valence-corrected chi connectivity index (χ1v) is 7.24. The Kier molecular flexibility index (Phi) is 4.75. The summed E-state index contributed by atoms with van der Waals surface area (Å²) in [6.07, 6.45) is 1.69. The van der Waals surface area contributed by atoms with E-state index < -0.39 is 0 Å². The average molecular weight is 282 g/mol. The summed E-state index contributed by atoms with van der Waals surface area (Å²) in [5.41, 5.74) is 7.26. The molecule has 0 saturated carbocycles. The lowest BCUT2D eigenvalue weighted by Gasteiger charge is -2.20. The largest absolute Gasteiger partial charge is 0.468 e. The standard InChI is InChI=1S/C14H16ClNOS/c1-10(16)14(11-4-6-12(15)7-5-11)18-9-13-3-2-8-17-13/h2-8,10,14H,9,16H2,1H3. The second-order valence-corrected chi connectivity index (χ2v) is 5.79. The quantitative estimate of drug-likeness (QED) is 0.890. The molecular weight excluding hydrogens is 266 g/mol. The van der Waals surface area contributed by atoms with Crippen molar-refractivity contribution in [3.63, 3.8) is 0 Å². The normalized spacial score (nSPS) is 14.4. The summed E-state index contributed by atoms with van der Waals surface area (Å²) in [7, 11) is 0. The van der Waals surface area contributed by atoms with E-state index in [0.717, 1.165) is 16.5 Å². The highest BCUT2D eigenvalue weighted by Crippen LogP contribution is 2.34. The van der Waals surface area contributed by atoms with Gasteiger partial charge in [0.25, 0.3) is 0 Å². The summed E-state index contributed by atoms with van der Waals surface area (Å²) >= 11 is 7.69. The summed E-state index contributed by atoms with van der Waals surface area (Å²) in [6.45, 7) is 2.02. The van der Waals surface area contributed by atoms with Crippen LogP contribution in [0.3, 0.4) is 0 Å². The van der Waals surface area contributed by atoms with Gasteiger partial charge in [-0.1, -0.05) is 23.7 Å². The molecule has 1 aromatic carbocycles. The Bertz CT molecular complexity index is 467. The van der Waals surface area contributed by atoms with Crippen molar-refractivity contribution in [2.75, 3.05) is 0 Å². The first-order chi connectivity index (χ1) is 8.66. The Morgan fingerprint density at radius 1 is 1.28 bits per heavy atom. The molecule has 0 aliphatic rings. The van der Waals surface area contributed by atoms with Crippen LogP contribution in [0.15, 0.2) is 47.1 Å². The second-order valence-electron chi connectivity index (χ2n) is 4.22. The van der Waals surface area contributed by atoms with Gasteiger partial charge in [-0.05, 0) is 36.8 Å². The highest BCUT2D eigenvalue weighted by atomic mass is 35.5. The number of benzene rings is 1. The van der Waals surface area contributed by atoms with Gasteiger partial charge in [0.2, 0.25) is 0 Å². The smallest absolute Gasteiger partial charge is 0.113 e. The lowest BCUT2D eigenvalue weighted by Crippen LogP contribution is -2.22. The molecule has 18 heavy (non-hydrogen) atoms. The predicted octanol–water partition coefficient (Wildman–Crippen LogP) is 4.25. The number of hydrogen-bond donors (Lipinski definition) is 1. The Labute approximate surface area is 117 Å². The van der Waals surface area contributed by atoms with Crippen molar-refractivity contribution in [3.8, 4) is 0 Å². The third-order valence-corrected chi connectivity index (χ3v) is 4.43. The van der Waals surface area contributed by atoms with Crippen molar-refractivity contribution in [1.82, 2.24) is 0 Å². The zero-order valence-corrected chi connectivity index (χ0v) is 11.7. The molecule has 2 N–H and O–H groups in total. The number of rotatable bonds is 5. The molecule has 0 saturated heterocycles. The summed E-state index contributed by atoms with van der Waals surface area (Å²) in [6, 6.07) is 11.8. The van der Waals surface area contributed by atoms with Gasteiger partial charge in [-0.3, -0.25) is 0 Å². The number of thioether (sulfide) groups is 1. The maximum Gasteiger partial charge on any atom is 0.113 e. The molecule has 1 aromatic heterocycles. The van der Waals surface area contributed by atoms with Crippen LogP contribution in [0.5, 0.6) is 0 Å². The molecule has 2 nitrogen and oxygen atoms in total. The zero-order chi connectivity index (χ0) is 13.0. The molecule has 2 aromatic rings. The highest BCUT2D eigenvalue weighted by molar-refractivity contribution is 7.98. The van der Waals surface area contributed by atoms with Crippen molar-refractivity contribution in [2.45, 2.75) is 24.0 Å². The summed E-state index contributed by atoms with van der Waals surface area (Å²) in [5, 5.41) is 0.991. The van der Waals surface area contributed by atoms with Crippen molar-refractivity contribution in [1.29, 1.82) is 0 Å². The van der Waals surface area contributed by atoms with Gasteiger partial charge in [-0.2, -0.15) is 0 Å². The molecule has 2 atom stereocenters. The summed E-state index contributed by atoms with van der Waals surface area (Å²) in [5.74, 6) is 1.79. The molecule has 0 bridgehead atoms. The molecule has 0 spiro atoms. The zero-order valence-electron chi connectivity index (χ0n) is 10.2. The van der Waals surface area contributed by atoms with Crippen LogP contribution in [0.1, 0.15) is 23.5 Å². The van der Waals surface area contributed by atoms with Crippen LogP contribution in [0.25, 0.3) is 0 Å². The van der Waals surface area contributed by atoms with E-state index in [9.17, 15) is 0 Å². The maximum absolute atomic E-state index is 6.06. The van der Waals surface area contributed by atoms with Gasteiger partial charge in [0.15, 0.2) is 0 Å². The van der Waals surface area contributed by atoms with Crippen LogP contribution < -0.4 is 5.73 Å². The molecule has 0 aliphatic carbocycles. The monoisotopic (exact) mass is 281 g/mol. The van der Waals surface area contributed by atoms with Gasteiger partial charge in [-0.15, -0.1) is 11.8 Å². The minimum Gasteiger partial charge on any atom is -0.468 e. The van der Waals surface area contributed by atoms with E-state index >= 15 is 0 Å². The lowest BCUT2D eigenvalue weighted by molar-refractivity contribution is 0.530. The van der Waals surface area contributed by atoms with E-state index in [2.05, 4.69) is 0 Å².